The topological polar surface area (TPSA) is 77.2 Å². The molecule has 1 N–H and O–H groups in total. The summed E-state index contributed by atoms with van der Waals surface area (Å²) in [4.78, 5) is 21.4. The maximum Gasteiger partial charge on any atom is 0.263 e. The summed E-state index contributed by atoms with van der Waals surface area (Å²) < 4.78 is 11.0. The third-order valence-electron chi connectivity index (χ3n) is 3.94. The number of carbonyl (C=O) groups is 1. The lowest BCUT2D eigenvalue weighted by Crippen LogP contribution is -2.21. The fourth-order valence-corrected chi connectivity index (χ4v) is 3.33. The normalized spacial score (nSPS) is 10.6. The fraction of sp³-hybridized carbons (Fsp3) is 0.0952. The third kappa shape index (κ3) is 4.44. The molecule has 1 aromatic carbocycles. The summed E-state index contributed by atoms with van der Waals surface area (Å²) in [6, 6.07) is 17.2. The first-order valence-electron chi connectivity index (χ1n) is 8.67. The van der Waals surface area contributed by atoms with Crippen LogP contribution in [0.3, 0.4) is 0 Å². The van der Waals surface area contributed by atoms with Crippen LogP contribution < -0.4 is 10.1 Å². The number of pyridine rings is 1. The van der Waals surface area contributed by atoms with Crippen LogP contribution in [0.4, 0.5) is 0 Å². The number of nitrogens with one attached hydrogen (secondary N) is 1. The highest BCUT2D eigenvalue weighted by Crippen LogP contribution is 2.25. The number of aromatic nitrogens is 2. The molecule has 7 heteroatoms. The highest BCUT2D eigenvalue weighted by molar-refractivity contribution is 7.16. The van der Waals surface area contributed by atoms with Crippen LogP contribution in [0.25, 0.3) is 10.8 Å². The number of ether oxygens (including phenoxy) is 1. The quantitative estimate of drug-likeness (QED) is 0.508. The van der Waals surface area contributed by atoms with Gasteiger partial charge in [0.05, 0.1) is 12.5 Å². The molecule has 0 spiro atoms. The molecule has 0 saturated carbocycles. The fourth-order valence-electron chi connectivity index (χ4n) is 2.53. The lowest BCUT2D eigenvalue weighted by atomic mass is 10.2. The van der Waals surface area contributed by atoms with Gasteiger partial charge in [-0.25, -0.2) is 9.97 Å². The first kappa shape index (κ1) is 17.9. The predicted molar refractivity (Wildman–Crippen MR) is 106 cm³/mol. The second-order valence-electron chi connectivity index (χ2n) is 5.97. The van der Waals surface area contributed by atoms with Crippen LogP contribution in [0.5, 0.6) is 5.88 Å². The zero-order chi connectivity index (χ0) is 19.2. The van der Waals surface area contributed by atoms with E-state index in [9.17, 15) is 4.79 Å². The zero-order valence-electron chi connectivity index (χ0n) is 14.9. The summed E-state index contributed by atoms with van der Waals surface area (Å²) in [5.74, 6) is 0.991. The molecule has 0 bridgehead atoms. The Morgan fingerprint density at radius 2 is 1.96 bits per heavy atom. The molecule has 0 aliphatic rings. The van der Waals surface area contributed by atoms with Gasteiger partial charge in [0.15, 0.2) is 10.8 Å². The van der Waals surface area contributed by atoms with Gasteiger partial charge in [-0.05, 0) is 29.3 Å². The largest absolute Gasteiger partial charge is 0.473 e. The molecule has 3 aromatic heterocycles. The standard InChI is InChI=1S/C21H17N3O3S/c25-20(18-13-24-21(28-18)17-7-4-10-26-17)23-12-16-8-9-22-19(11-16)27-14-15-5-2-1-3-6-15/h1-11,13H,12,14H2,(H,23,25). The number of carbonyl (C=O) groups excluding carboxylic acids is 1. The van der Waals surface area contributed by atoms with Crippen LogP contribution in [-0.2, 0) is 13.2 Å². The number of thiazole rings is 1. The summed E-state index contributed by atoms with van der Waals surface area (Å²) in [6.07, 6.45) is 4.81. The number of furan rings is 1. The Morgan fingerprint density at radius 1 is 1.07 bits per heavy atom. The molecule has 3 heterocycles. The van der Waals surface area contributed by atoms with E-state index in [0.29, 0.717) is 34.7 Å². The molecule has 0 aliphatic heterocycles. The molecular formula is C21H17N3O3S. The van der Waals surface area contributed by atoms with Crippen molar-refractivity contribution in [3.05, 3.63) is 89.3 Å². The van der Waals surface area contributed by atoms with Crippen molar-refractivity contribution >= 4 is 17.2 Å². The van der Waals surface area contributed by atoms with Crippen molar-refractivity contribution < 1.29 is 13.9 Å². The Labute approximate surface area is 165 Å². The molecule has 0 fully saturated rings. The Bertz CT molecular complexity index is 1050. The van der Waals surface area contributed by atoms with Gasteiger partial charge < -0.3 is 14.5 Å². The molecule has 0 saturated heterocycles. The van der Waals surface area contributed by atoms with Gasteiger partial charge in [-0.2, -0.15) is 0 Å². The van der Waals surface area contributed by atoms with Crippen molar-refractivity contribution in [1.82, 2.24) is 15.3 Å². The summed E-state index contributed by atoms with van der Waals surface area (Å²) in [5, 5.41) is 3.57. The van der Waals surface area contributed by atoms with Crippen molar-refractivity contribution in [2.45, 2.75) is 13.2 Å². The van der Waals surface area contributed by atoms with Crippen molar-refractivity contribution in [1.29, 1.82) is 0 Å². The molecule has 140 valence electrons. The van der Waals surface area contributed by atoms with E-state index < -0.39 is 0 Å². The summed E-state index contributed by atoms with van der Waals surface area (Å²) in [7, 11) is 0. The van der Waals surface area contributed by atoms with Gasteiger partial charge in [0.25, 0.3) is 5.91 Å². The van der Waals surface area contributed by atoms with E-state index in [4.69, 9.17) is 9.15 Å². The number of rotatable bonds is 7. The highest BCUT2D eigenvalue weighted by Gasteiger charge is 2.13. The number of amides is 1. The molecular weight excluding hydrogens is 374 g/mol. The average molecular weight is 391 g/mol. The van der Waals surface area contributed by atoms with E-state index in [1.165, 1.54) is 11.3 Å². The molecule has 0 atom stereocenters. The Morgan fingerprint density at radius 3 is 2.79 bits per heavy atom. The van der Waals surface area contributed by atoms with Crippen molar-refractivity contribution in [2.24, 2.45) is 0 Å². The molecule has 4 aromatic rings. The number of nitrogens with zero attached hydrogens (tertiary/aromatic N) is 2. The van der Waals surface area contributed by atoms with E-state index in [-0.39, 0.29) is 5.91 Å². The Kier molecular flexibility index (Phi) is 5.44. The minimum atomic E-state index is -0.182. The number of hydrogen-bond acceptors (Lipinski definition) is 6. The van der Waals surface area contributed by atoms with Gasteiger partial charge in [-0.1, -0.05) is 30.3 Å². The molecule has 6 nitrogen and oxygen atoms in total. The molecule has 0 unspecified atom stereocenters. The van der Waals surface area contributed by atoms with Gasteiger partial charge in [0, 0.05) is 18.8 Å². The first-order chi connectivity index (χ1) is 13.8. The molecule has 4 rings (SSSR count). The van der Waals surface area contributed by atoms with Gasteiger partial charge >= 0.3 is 0 Å². The first-order valence-corrected chi connectivity index (χ1v) is 9.49. The van der Waals surface area contributed by atoms with E-state index in [2.05, 4.69) is 15.3 Å². The van der Waals surface area contributed by atoms with Gasteiger partial charge in [0.1, 0.15) is 11.5 Å². The highest BCUT2D eigenvalue weighted by atomic mass is 32.1. The molecule has 28 heavy (non-hydrogen) atoms. The van der Waals surface area contributed by atoms with Crippen molar-refractivity contribution in [3.63, 3.8) is 0 Å². The molecule has 1 amide bonds. The minimum absolute atomic E-state index is 0.182. The van der Waals surface area contributed by atoms with E-state index in [1.54, 1.807) is 24.7 Å². The van der Waals surface area contributed by atoms with Crippen LogP contribution >= 0.6 is 11.3 Å². The maximum atomic E-state index is 12.4. The smallest absolute Gasteiger partial charge is 0.263 e. The van der Waals surface area contributed by atoms with Crippen LogP contribution in [0.2, 0.25) is 0 Å². The van der Waals surface area contributed by atoms with E-state index in [1.807, 2.05) is 48.5 Å². The van der Waals surface area contributed by atoms with Crippen LogP contribution in [0, 0.1) is 0 Å². The lowest BCUT2D eigenvalue weighted by molar-refractivity contribution is 0.0954. The second kappa shape index (κ2) is 8.49. The number of benzene rings is 1. The van der Waals surface area contributed by atoms with E-state index >= 15 is 0 Å². The van der Waals surface area contributed by atoms with Gasteiger partial charge in [-0.15, -0.1) is 11.3 Å². The summed E-state index contributed by atoms with van der Waals surface area (Å²) in [6.45, 7) is 0.817. The maximum absolute atomic E-state index is 12.4. The summed E-state index contributed by atoms with van der Waals surface area (Å²) in [5.41, 5.74) is 1.97. The van der Waals surface area contributed by atoms with E-state index in [0.717, 1.165) is 11.1 Å². The average Bonchev–Trinajstić information content (AvgIpc) is 3.43. The van der Waals surface area contributed by atoms with Crippen molar-refractivity contribution in [2.75, 3.05) is 0 Å². The number of hydrogen-bond donors (Lipinski definition) is 1. The van der Waals surface area contributed by atoms with Crippen LogP contribution in [0.15, 0.2) is 77.7 Å². The molecule has 0 aliphatic carbocycles. The van der Waals surface area contributed by atoms with Gasteiger partial charge in [-0.3, -0.25) is 4.79 Å². The van der Waals surface area contributed by atoms with Crippen LogP contribution in [0.1, 0.15) is 20.8 Å². The Hall–Kier alpha value is -3.45. The SMILES string of the molecule is O=C(NCc1ccnc(OCc2ccccc2)c1)c1cnc(-c2ccco2)s1. The van der Waals surface area contributed by atoms with Gasteiger partial charge in [0.2, 0.25) is 5.88 Å². The minimum Gasteiger partial charge on any atom is -0.473 e. The zero-order valence-corrected chi connectivity index (χ0v) is 15.7. The Balaban J connectivity index is 1.34. The van der Waals surface area contributed by atoms with Crippen molar-refractivity contribution in [3.8, 4) is 16.6 Å². The second-order valence-corrected chi connectivity index (χ2v) is 7.00. The predicted octanol–water partition coefficient (Wildman–Crippen LogP) is 4.31. The van der Waals surface area contributed by atoms with Crippen LogP contribution in [-0.4, -0.2) is 15.9 Å². The monoisotopic (exact) mass is 391 g/mol. The summed E-state index contributed by atoms with van der Waals surface area (Å²) >= 11 is 1.29. The molecule has 0 radical (unpaired) electrons. The lowest BCUT2D eigenvalue weighted by Gasteiger charge is -2.08. The third-order valence-corrected chi connectivity index (χ3v) is 4.95.